The van der Waals surface area contributed by atoms with E-state index in [0.717, 1.165) is 79.2 Å². The molecule has 46 heavy (non-hydrogen) atoms. The molecule has 4 saturated carbocycles. The van der Waals surface area contributed by atoms with E-state index in [4.69, 9.17) is 0 Å². The fourth-order valence-electron chi connectivity index (χ4n) is 11.3. The number of carbonyl (C=O) groups is 2. The maximum absolute atomic E-state index is 14.2. The average Bonchev–Trinajstić information content (AvgIpc) is 3.68. The van der Waals surface area contributed by atoms with Crippen LogP contribution in [0.4, 0.5) is 0 Å². The highest BCUT2D eigenvalue weighted by atomic mass is 16.1. The molecule has 234 valence electrons. The minimum absolute atomic E-state index is 0.189. The SMILES string of the molecule is CN(C)[C@@]12CC(=O)[C@]3(CCCC[C@H]31)C(C#Cc1ccccc1)=C2C#CC1=C(c2ccccc2)[C@]23CCCC[C@H]2[C@@]1(N(C)C)CC3=O. The van der Waals surface area contributed by atoms with Crippen molar-refractivity contribution in [2.45, 2.75) is 75.3 Å². The van der Waals surface area contributed by atoms with Gasteiger partial charge in [-0.3, -0.25) is 19.4 Å². The van der Waals surface area contributed by atoms with Crippen molar-refractivity contribution in [2.24, 2.45) is 22.7 Å². The molecule has 2 aromatic carbocycles. The summed E-state index contributed by atoms with van der Waals surface area (Å²) in [7, 11) is 8.56. The van der Waals surface area contributed by atoms with Gasteiger partial charge in [-0.25, -0.2) is 0 Å². The Morgan fingerprint density at radius 1 is 0.587 bits per heavy atom. The van der Waals surface area contributed by atoms with Crippen LogP contribution in [0.15, 0.2) is 77.4 Å². The van der Waals surface area contributed by atoms with Crippen LogP contribution >= 0.6 is 0 Å². The molecular formula is C42H44N2O2. The van der Waals surface area contributed by atoms with Crippen LogP contribution in [-0.4, -0.2) is 60.6 Å². The molecule has 0 saturated heterocycles. The summed E-state index contributed by atoms with van der Waals surface area (Å²) < 4.78 is 0. The van der Waals surface area contributed by atoms with Crippen LogP contribution in [0.5, 0.6) is 0 Å². The number of rotatable bonds is 3. The Kier molecular flexibility index (Phi) is 6.71. The number of Topliss-reactive ketones (excluding diaryl/α,β-unsaturated/α-hetero) is 2. The molecule has 4 nitrogen and oxygen atoms in total. The van der Waals surface area contributed by atoms with Gasteiger partial charge in [0, 0.05) is 35.1 Å². The Balaban J connectivity index is 1.42. The molecule has 0 aromatic heterocycles. The van der Waals surface area contributed by atoms with Crippen LogP contribution in [0.1, 0.15) is 75.3 Å². The van der Waals surface area contributed by atoms with Crippen LogP contribution in [-0.2, 0) is 9.59 Å². The molecule has 8 rings (SSSR count). The third-order valence-electron chi connectivity index (χ3n) is 13.2. The zero-order valence-corrected chi connectivity index (χ0v) is 27.7. The van der Waals surface area contributed by atoms with E-state index in [-0.39, 0.29) is 11.8 Å². The molecule has 0 heterocycles. The molecule has 0 radical (unpaired) electrons. The summed E-state index contributed by atoms with van der Waals surface area (Å²) >= 11 is 0. The largest absolute Gasteiger partial charge is 0.299 e. The van der Waals surface area contributed by atoms with Gasteiger partial charge < -0.3 is 0 Å². The van der Waals surface area contributed by atoms with Crippen molar-refractivity contribution in [1.29, 1.82) is 0 Å². The van der Waals surface area contributed by atoms with E-state index in [2.05, 4.69) is 92.0 Å². The standard InChI is InChI=1S/C42H44N2O2/c1-43(2)41-27-36(45)39(25-13-11-19-34(39)41)31(22-21-29-15-7-5-8-16-29)32(41)23-24-33-38(30-17-9-6-10-18-30)40-26-14-12-20-35(40)42(33,44(3)4)28-37(40)46/h5-10,15-18,34-35H,11-14,19-20,25-28H2,1-4H3/t34-,35-,39-,40-,41-,42-/m1/s1. The number of hydrogen-bond donors (Lipinski definition) is 0. The Hall–Kier alpha value is -3.70. The molecule has 4 bridgehead atoms. The highest BCUT2D eigenvalue weighted by Crippen LogP contribution is 2.71. The van der Waals surface area contributed by atoms with Gasteiger partial charge in [0.2, 0.25) is 0 Å². The minimum Gasteiger partial charge on any atom is -0.299 e. The summed E-state index contributed by atoms with van der Waals surface area (Å²) in [5.74, 6) is 16.0. The fraction of sp³-hybridized carbons (Fsp3) is 0.476. The third-order valence-corrected chi connectivity index (χ3v) is 13.2. The van der Waals surface area contributed by atoms with Gasteiger partial charge in [0.25, 0.3) is 0 Å². The smallest absolute Gasteiger partial charge is 0.146 e. The van der Waals surface area contributed by atoms with Crippen LogP contribution in [0.2, 0.25) is 0 Å². The maximum Gasteiger partial charge on any atom is 0.146 e. The van der Waals surface area contributed by atoms with Crippen molar-refractivity contribution in [2.75, 3.05) is 28.2 Å². The topological polar surface area (TPSA) is 40.6 Å². The number of likely N-dealkylation sites (N-methyl/N-ethyl adjacent to an activating group) is 2. The molecule has 6 aliphatic carbocycles. The highest BCUT2D eigenvalue weighted by Gasteiger charge is 2.73. The summed E-state index contributed by atoms with van der Waals surface area (Å²) in [4.78, 5) is 33.0. The second-order valence-electron chi connectivity index (χ2n) is 15.1. The number of carbonyl (C=O) groups excluding carboxylic acids is 2. The second-order valence-corrected chi connectivity index (χ2v) is 15.1. The third kappa shape index (κ3) is 3.56. The molecule has 0 spiro atoms. The first-order chi connectivity index (χ1) is 22.2. The Labute approximate surface area is 274 Å². The van der Waals surface area contributed by atoms with Crippen LogP contribution in [0.25, 0.3) is 5.57 Å². The first kappa shape index (κ1) is 29.7. The average molecular weight is 609 g/mol. The first-order valence-electron chi connectivity index (χ1n) is 17.3. The quantitative estimate of drug-likeness (QED) is 0.363. The molecule has 0 aliphatic heterocycles. The van der Waals surface area contributed by atoms with Gasteiger partial charge in [0.1, 0.15) is 11.6 Å². The van der Waals surface area contributed by atoms with Crippen LogP contribution in [0, 0.1) is 46.3 Å². The number of hydrogen-bond acceptors (Lipinski definition) is 4. The van der Waals surface area contributed by atoms with Crippen molar-refractivity contribution in [1.82, 2.24) is 9.80 Å². The lowest BCUT2D eigenvalue weighted by Gasteiger charge is -2.42. The maximum atomic E-state index is 14.2. The Bertz CT molecular complexity index is 1830. The van der Waals surface area contributed by atoms with Crippen molar-refractivity contribution in [3.05, 3.63) is 88.5 Å². The normalized spacial score (nSPS) is 35.7. The van der Waals surface area contributed by atoms with E-state index in [1.165, 1.54) is 5.57 Å². The molecule has 6 atom stereocenters. The van der Waals surface area contributed by atoms with Crippen LogP contribution < -0.4 is 0 Å². The van der Waals surface area contributed by atoms with Gasteiger partial charge in [-0.05, 0) is 89.0 Å². The van der Waals surface area contributed by atoms with E-state index in [1.54, 1.807) is 0 Å². The Morgan fingerprint density at radius 3 is 1.72 bits per heavy atom. The lowest BCUT2D eigenvalue weighted by atomic mass is 9.64. The van der Waals surface area contributed by atoms with Crippen molar-refractivity contribution < 1.29 is 9.59 Å². The lowest BCUT2D eigenvalue weighted by Crippen LogP contribution is -2.49. The monoisotopic (exact) mass is 608 g/mol. The van der Waals surface area contributed by atoms with Gasteiger partial charge in [-0.15, -0.1) is 0 Å². The van der Waals surface area contributed by atoms with Crippen molar-refractivity contribution >= 4 is 17.1 Å². The number of benzene rings is 2. The summed E-state index contributed by atoms with van der Waals surface area (Å²) in [6, 6.07) is 20.7. The predicted molar refractivity (Wildman–Crippen MR) is 182 cm³/mol. The summed E-state index contributed by atoms with van der Waals surface area (Å²) in [6.07, 6.45) is 9.25. The molecule has 0 N–H and O–H groups in total. The molecule has 0 unspecified atom stereocenters. The summed E-state index contributed by atoms with van der Waals surface area (Å²) in [5.41, 5.74) is 4.49. The van der Waals surface area contributed by atoms with E-state index >= 15 is 0 Å². The predicted octanol–water partition coefficient (Wildman–Crippen LogP) is 6.72. The zero-order chi connectivity index (χ0) is 31.9. The van der Waals surface area contributed by atoms with Gasteiger partial charge in [-0.2, -0.15) is 0 Å². The fourth-order valence-corrected chi connectivity index (χ4v) is 11.3. The number of allylic oxidation sites excluding steroid dienone is 2. The van der Waals surface area contributed by atoms with E-state index in [0.29, 0.717) is 24.4 Å². The summed E-state index contributed by atoms with van der Waals surface area (Å²) in [5, 5.41) is 0. The van der Waals surface area contributed by atoms with Crippen LogP contribution in [0.3, 0.4) is 0 Å². The molecular weight excluding hydrogens is 564 g/mol. The van der Waals surface area contributed by atoms with E-state index < -0.39 is 21.9 Å². The molecule has 6 aliphatic rings. The van der Waals surface area contributed by atoms with E-state index in [9.17, 15) is 9.59 Å². The number of nitrogens with zero attached hydrogens (tertiary/aromatic N) is 2. The second kappa shape index (κ2) is 10.4. The molecule has 4 heteroatoms. The van der Waals surface area contributed by atoms with Crippen molar-refractivity contribution in [3.63, 3.8) is 0 Å². The van der Waals surface area contributed by atoms with Gasteiger partial charge >= 0.3 is 0 Å². The van der Waals surface area contributed by atoms with Gasteiger partial charge in [0.05, 0.1) is 21.9 Å². The van der Waals surface area contributed by atoms with Crippen molar-refractivity contribution in [3.8, 4) is 23.7 Å². The lowest BCUT2D eigenvalue weighted by molar-refractivity contribution is -0.126. The molecule has 4 fully saturated rings. The van der Waals surface area contributed by atoms with E-state index in [1.807, 2.05) is 30.3 Å². The number of ketones is 2. The minimum atomic E-state index is -0.554. The molecule has 2 aromatic rings. The first-order valence-corrected chi connectivity index (χ1v) is 17.3. The zero-order valence-electron chi connectivity index (χ0n) is 27.7. The summed E-state index contributed by atoms with van der Waals surface area (Å²) in [6.45, 7) is 0. The van der Waals surface area contributed by atoms with Gasteiger partial charge in [0.15, 0.2) is 0 Å². The highest BCUT2D eigenvalue weighted by molar-refractivity contribution is 6.08. The van der Waals surface area contributed by atoms with Gasteiger partial charge in [-0.1, -0.05) is 97.9 Å². The Morgan fingerprint density at radius 2 is 1.09 bits per heavy atom. The molecule has 0 amide bonds.